The first-order valence-electron chi connectivity index (χ1n) is 12.1. The van der Waals surface area contributed by atoms with Crippen molar-refractivity contribution in [1.82, 2.24) is 15.1 Å². The Morgan fingerprint density at radius 3 is 2.27 bits per heavy atom. The quantitative estimate of drug-likeness (QED) is 0.480. The van der Waals surface area contributed by atoms with Gasteiger partial charge in [0, 0.05) is 24.9 Å². The van der Waals surface area contributed by atoms with Gasteiger partial charge in [-0.25, -0.2) is 8.42 Å². The van der Waals surface area contributed by atoms with Crippen LogP contribution in [0.5, 0.6) is 0 Å². The molecular formula is C25H33ClF3N3O4S. The molecule has 1 amide bonds. The number of aliphatic hydroxyl groups is 1. The monoisotopic (exact) mass is 563 g/mol. The Kier molecular flexibility index (Phi) is 8.41. The number of nitrogens with one attached hydrogen (secondary N) is 1. The van der Waals surface area contributed by atoms with E-state index in [1.165, 1.54) is 10.9 Å². The van der Waals surface area contributed by atoms with Crippen LogP contribution >= 0.6 is 11.6 Å². The van der Waals surface area contributed by atoms with Crippen molar-refractivity contribution in [2.45, 2.75) is 76.4 Å². The van der Waals surface area contributed by atoms with Crippen molar-refractivity contribution in [2.75, 3.05) is 12.8 Å². The third kappa shape index (κ3) is 6.67. The lowest BCUT2D eigenvalue weighted by Gasteiger charge is -2.35. The number of rotatable bonds is 8. The molecule has 0 spiro atoms. The maximum absolute atomic E-state index is 13.3. The number of halogens is 4. The van der Waals surface area contributed by atoms with E-state index >= 15 is 0 Å². The van der Waals surface area contributed by atoms with Crippen molar-refractivity contribution in [3.8, 4) is 11.3 Å². The Morgan fingerprint density at radius 1 is 1.22 bits per heavy atom. The van der Waals surface area contributed by atoms with Crippen LogP contribution < -0.4 is 5.32 Å². The predicted molar refractivity (Wildman–Crippen MR) is 136 cm³/mol. The Bertz CT molecular complexity index is 1230. The number of aryl methyl sites for hydroxylation is 1. The topological polar surface area (TPSA) is 101 Å². The molecule has 1 aliphatic carbocycles. The van der Waals surface area contributed by atoms with Crippen molar-refractivity contribution >= 4 is 27.3 Å². The van der Waals surface area contributed by atoms with Crippen LogP contribution in [0.2, 0.25) is 5.02 Å². The summed E-state index contributed by atoms with van der Waals surface area (Å²) in [5.41, 5.74) is -1.56. The highest BCUT2D eigenvalue weighted by Gasteiger charge is 2.47. The van der Waals surface area contributed by atoms with Gasteiger partial charge in [0.05, 0.1) is 27.0 Å². The summed E-state index contributed by atoms with van der Waals surface area (Å²) in [4.78, 5) is 12.9. The Morgan fingerprint density at radius 2 is 1.78 bits per heavy atom. The standard InChI is InChI=1S/C25H33ClF3N3O4S/c1-5-32-21(17-8-6-16(7-9-17)14-23(2,3)25(27,28)29)19(26)20(31-32)22(33)30-15-24(34)12-10-18(11-13-24)37(4,35)36/h6-9,18,34H,5,10-15H2,1-4H3,(H,30,33)/t18-,24+. The van der Waals surface area contributed by atoms with E-state index in [0.717, 1.165) is 13.8 Å². The van der Waals surface area contributed by atoms with E-state index in [2.05, 4.69) is 10.4 Å². The highest BCUT2D eigenvalue weighted by Crippen LogP contribution is 2.40. The maximum atomic E-state index is 13.3. The third-order valence-corrected chi connectivity index (χ3v) is 9.14. The number of carbonyl (C=O) groups is 1. The lowest BCUT2D eigenvalue weighted by atomic mass is 9.84. The van der Waals surface area contributed by atoms with Gasteiger partial charge in [-0.2, -0.15) is 18.3 Å². The number of aromatic nitrogens is 2. The van der Waals surface area contributed by atoms with Crippen LogP contribution in [0.25, 0.3) is 11.3 Å². The van der Waals surface area contributed by atoms with E-state index in [4.69, 9.17) is 11.6 Å². The van der Waals surface area contributed by atoms with Gasteiger partial charge in [0.15, 0.2) is 5.69 Å². The van der Waals surface area contributed by atoms with E-state index in [1.807, 2.05) is 6.92 Å². The molecule has 3 rings (SSSR count). The van der Waals surface area contributed by atoms with E-state index in [9.17, 15) is 31.5 Å². The molecular weight excluding hydrogens is 531 g/mol. The Labute approximate surface area is 220 Å². The highest BCUT2D eigenvalue weighted by molar-refractivity contribution is 7.91. The molecule has 1 aromatic carbocycles. The summed E-state index contributed by atoms with van der Waals surface area (Å²) in [6, 6.07) is 6.52. The first-order chi connectivity index (χ1) is 17.0. The van der Waals surface area contributed by atoms with E-state index in [0.29, 0.717) is 36.2 Å². The van der Waals surface area contributed by atoms with Crippen LogP contribution in [-0.4, -0.2) is 59.0 Å². The summed E-state index contributed by atoms with van der Waals surface area (Å²) >= 11 is 6.55. The molecule has 1 fully saturated rings. The summed E-state index contributed by atoms with van der Waals surface area (Å²) in [6.45, 7) is 4.45. The minimum atomic E-state index is -4.34. The maximum Gasteiger partial charge on any atom is 0.394 e. The van der Waals surface area contributed by atoms with Gasteiger partial charge in [-0.15, -0.1) is 0 Å². The highest BCUT2D eigenvalue weighted by atomic mass is 35.5. The second-order valence-corrected chi connectivity index (χ2v) is 13.2. The van der Waals surface area contributed by atoms with Crippen LogP contribution in [0.1, 0.15) is 62.5 Å². The lowest BCUT2D eigenvalue weighted by molar-refractivity contribution is -0.211. The lowest BCUT2D eigenvalue weighted by Crippen LogP contribution is -2.47. The number of sulfone groups is 1. The fourth-order valence-corrected chi connectivity index (χ4v) is 5.97. The summed E-state index contributed by atoms with van der Waals surface area (Å²) < 4.78 is 64.8. The number of benzene rings is 1. The first-order valence-corrected chi connectivity index (χ1v) is 14.4. The predicted octanol–water partition coefficient (Wildman–Crippen LogP) is 4.80. The van der Waals surface area contributed by atoms with Gasteiger partial charge in [0.25, 0.3) is 5.91 Å². The number of alkyl halides is 3. The van der Waals surface area contributed by atoms with Crippen LogP contribution in [0.3, 0.4) is 0 Å². The van der Waals surface area contributed by atoms with Gasteiger partial charge in [0.1, 0.15) is 9.84 Å². The van der Waals surface area contributed by atoms with Crippen LogP contribution in [0.15, 0.2) is 24.3 Å². The smallest absolute Gasteiger partial charge is 0.388 e. The summed E-state index contributed by atoms with van der Waals surface area (Å²) in [5.74, 6) is -0.583. The van der Waals surface area contributed by atoms with Crippen molar-refractivity contribution in [3.63, 3.8) is 0 Å². The zero-order chi connectivity index (χ0) is 27.8. The van der Waals surface area contributed by atoms with Gasteiger partial charge >= 0.3 is 6.18 Å². The summed E-state index contributed by atoms with van der Waals surface area (Å²) in [6.07, 6.45) is -2.22. The molecule has 0 unspecified atom stereocenters. The van der Waals surface area contributed by atoms with Crippen molar-refractivity contribution in [3.05, 3.63) is 40.5 Å². The van der Waals surface area contributed by atoms with Crippen molar-refractivity contribution in [2.24, 2.45) is 5.41 Å². The molecule has 2 N–H and O–H groups in total. The van der Waals surface area contributed by atoms with Gasteiger partial charge in [-0.1, -0.05) is 49.7 Å². The third-order valence-electron chi connectivity index (χ3n) is 7.10. The van der Waals surface area contributed by atoms with Gasteiger partial charge < -0.3 is 10.4 Å². The van der Waals surface area contributed by atoms with E-state index in [1.54, 1.807) is 24.3 Å². The number of carbonyl (C=O) groups excluding carboxylic acids is 1. The van der Waals surface area contributed by atoms with E-state index < -0.39 is 38.2 Å². The fourth-order valence-electron chi connectivity index (χ4n) is 4.54. The molecule has 12 heteroatoms. The van der Waals surface area contributed by atoms with Crippen LogP contribution in [-0.2, 0) is 22.8 Å². The average molecular weight is 564 g/mol. The minimum absolute atomic E-state index is 0.0331. The molecule has 37 heavy (non-hydrogen) atoms. The number of hydrogen-bond acceptors (Lipinski definition) is 5. The molecule has 1 aromatic heterocycles. The van der Waals surface area contributed by atoms with Gasteiger partial charge in [0.2, 0.25) is 0 Å². The molecule has 2 aromatic rings. The summed E-state index contributed by atoms with van der Waals surface area (Å²) in [7, 11) is -3.18. The van der Waals surface area contributed by atoms with Crippen LogP contribution in [0, 0.1) is 5.41 Å². The SMILES string of the molecule is CCn1nc(C(=O)NC[C@]2(O)CC[C@@H](S(C)(=O)=O)CC2)c(Cl)c1-c1ccc(CC(C)(C)C(F)(F)F)cc1. The molecule has 1 saturated carbocycles. The largest absolute Gasteiger partial charge is 0.394 e. The zero-order valence-corrected chi connectivity index (χ0v) is 22.9. The van der Waals surface area contributed by atoms with Crippen LogP contribution in [0.4, 0.5) is 13.2 Å². The molecule has 0 saturated heterocycles. The normalized spacial score (nSPS) is 21.2. The molecule has 0 aliphatic heterocycles. The summed E-state index contributed by atoms with van der Waals surface area (Å²) in [5, 5.41) is 17.4. The molecule has 1 aliphatic rings. The average Bonchev–Trinajstić information content (AvgIpc) is 3.13. The number of amides is 1. The molecule has 0 bridgehead atoms. The van der Waals surface area contributed by atoms with Gasteiger partial charge in [-0.3, -0.25) is 9.48 Å². The number of hydrogen-bond donors (Lipinski definition) is 2. The van der Waals surface area contributed by atoms with Gasteiger partial charge in [-0.05, 0) is 44.6 Å². The Hall–Kier alpha value is -2.11. The molecule has 1 heterocycles. The van der Waals surface area contributed by atoms with Crippen molar-refractivity contribution < 1.29 is 31.5 Å². The fraction of sp³-hybridized carbons (Fsp3) is 0.600. The number of nitrogens with zero attached hydrogens (tertiary/aromatic N) is 2. The first kappa shape index (κ1) is 29.4. The van der Waals surface area contributed by atoms with Crippen molar-refractivity contribution in [1.29, 1.82) is 0 Å². The molecule has 206 valence electrons. The van der Waals surface area contributed by atoms with E-state index in [-0.39, 0.29) is 36.5 Å². The molecule has 0 radical (unpaired) electrons. The molecule has 0 atom stereocenters. The molecule has 7 nitrogen and oxygen atoms in total. The second-order valence-electron chi connectivity index (χ2n) is 10.5. The minimum Gasteiger partial charge on any atom is -0.388 e. The Balaban J connectivity index is 1.74. The zero-order valence-electron chi connectivity index (χ0n) is 21.3. The second kappa shape index (κ2) is 10.6.